The first-order valence-corrected chi connectivity index (χ1v) is 9.95. The van der Waals surface area contributed by atoms with Crippen LogP contribution in [0.3, 0.4) is 0 Å². The largest absolute Gasteiger partial charge is 0.504 e. The molecule has 0 heterocycles. The van der Waals surface area contributed by atoms with Crippen LogP contribution >= 0.6 is 0 Å². The molecule has 5 heteroatoms. The summed E-state index contributed by atoms with van der Waals surface area (Å²) in [6.45, 7) is 4.56. The zero-order valence-corrected chi connectivity index (χ0v) is 16.3. The van der Waals surface area contributed by atoms with Crippen molar-refractivity contribution in [1.82, 2.24) is 5.43 Å². The van der Waals surface area contributed by atoms with Gasteiger partial charge in [-0.3, -0.25) is 4.79 Å². The van der Waals surface area contributed by atoms with Crippen LogP contribution in [0.1, 0.15) is 83.6 Å². The van der Waals surface area contributed by atoms with Crippen LogP contribution in [0.15, 0.2) is 23.3 Å². The molecule has 0 saturated heterocycles. The second-order valence-electron chi connectivity index (χ2n) is 6.53. The van der Waals surface area contributed by atoms with Gasteiger partial charge in [-0.25, -0.2) is 5.43 Å². The number of nitrogens with zero attached hydrogens (tertiary/aromatic N) is 1. The Morgan fingerprint density at radius 1 is 1.08 bits per heavy atom. The average Bonchev–Trinajstić information content (AvgIpc) is 2.63. The molecule has 0 fully saturated rings. The van der Waals surface area contributed by atoms with E-state index in [1.54, 1.807) is 24.4 Å². The van der Waals surface area contributed by atoms with E-state index in [0.717, 1.165) is 18.4 Å². The molecule has 0 aliphatic heterocycles. The van der Waals surface area contributed by atoms with Gasteiger partial charge in [-0.15, -0.1) is 0 Å². The van der Waals surface area contributed by atoms with E-state index in [0.29, 0.717) is 18.8 Å². The van der Waals surface area contributed by atoms with Crippen molar-refractivity contribution >= 4 is 12.1 Å². The molecule has 1 aromatic carbocycles. The molecule has 0 aliphatic carbocycles. The minimum absolute atomic E-state index is 0.0620. The normalized spacial score (nSPS) is 11.0. The molecule has 2 N–H and O–H groups in total. The molecule has 5 nitrogen and oxygen atoms in total. The summed E-state index contributed by atoms with van der Waals surface area (Å²) >= 11 is 0. The molecule has 1 rings (SSSR count). The summed E-state index contributed by atoms with van der Waals surface area (Å²) in [4.78, 5) is 11.8. The number of amides is 1. The van der Waals surface area contributed by atoms with Crippen molar-refractivity contribution in [3.63, 3.8) is 0 Å². The Morgan fingerprint density at radius 2 is 1.73 bits per heavy atom. The second-order valence-corrected chi connectivity index (χ2v) is 6.53. The minimum atomic E-state index is -0.0620. The van der Waals surface area contributed by atoms with Crippen LogP contribution in [0.25, 0.3) is 0 Å². The molecule has 0 saturated carbocycles. The average molecular weight is 363 g/mol. The number of carbonyl (C=O) groups is 1. The van der Waals surface area contributed by atoms with E-state index in [-0.39, 0.29) is 11.7 Å². The summed E-state index contributed by atoms with van der Waals surface area (Å²) in [5.41, 5.74) is 3.31. The van der Waals surface area contributed by atoms with Gasteiger partial charge in [0.1, 0.15) is 0 Å². The van der Waals surface area contributed by atoms with E-state index in [1.807, 2.05) is 6.92 Å². The quantitative estimate of drug-likeness (QED) is 0.273. The molecule has 0 spiro atoms. The van der Waals surface area contributed by atoms with E-state index in [4.69, 9.17) is 4.74 Å². The van der Waals surface area contributed by atoms with Gasteiger partial charge in [-0.1, -0.05) is 58.3 Å². The topological polar surface area (TPSA) is 70.9 Å². The number of nitrogens with one attached hydrogen (secondary N) is 1. The molecular weight excluding hydrogens is 328 g/mol. The highest BCUT2D eigenvalue weighted by molar-refractivity contribution is 5.83. The van der Waals surface area contributed by atoms with Gasteiger partial charge < -0.3 is 9.84 Å². The summed E-state index contributed by atoms with van der Waals surface area (Å²) in [7, 11) is 0. The fourth-order valence-electron chi connectivity index (χ4n) is 2.71. The van der Waals surface area contributed by atoms with Crippen molar-refractivity contribution in [3.8, 4) is 11.5 Å². The molecule has 1 aromatic rings. The van der Waals surface area contributed by atoms with Crippen molar-refractivity contribution in [2.45, 2.75) is 78.1 Å². The number of ether oxygens (including phenoxy) is 1. The van der Waals surface area contributed by atoms with E-state index < -0.39 is 0 Å². The van der Waals surface area contributed by atoms with E-state index in [9.17, 15) is 9.90 Å². The lowest BCUT2D eigenvalue weighted by atomic mass is 10.1. The number of hydrogen-bond donors (Lipinski definition) is 2. The molecule has 0 aromatic heterocycles. The van der Waals surface area contributed by atoms with E-state index >= 15 is 0 Å². The summed E-state index contributed by atoms with van der Waals surface area (Å²) in [5, 5.41) is 13.6. The van der Waals surface area contributed by atoms with Crippen LogP contribution in [0.5, 0.6) is 11.5 Å². The highest BCUT2D eigenvalue weighted by Crippen LogP contribution is 2.26. The summed E-state index contributed by atoms with van der Waals surface area (Å²) in [5.74, 6) is 0.448. The molecule has 146 valence electrons. The van der Waals surface area contributed by atoms with Crippen LogP contribution in [-0.4, -0.2) is 23.8 Å². The van der Waals surface area contributed by atoms with Gasteiger partial charge in [-0.05, 0) is 37.1 Å². The number of hydrazone groups is 1. The number of unbranched alkanes of at least 4 members (excludes halogenated alkanes) is 8. The van der Waals surface area contributed by atoms with Crippen LogP contribution in [-0.2, 0) is 4.79 Å². The predicted octanol–water partition coefficient (Wildman–Crippen LogP) is 5.16. The van der Waals surface area contributed by atoms with Gasteiger partial charge in [-0.2, -0.15) is 5.10 Å². The predicted molar refractivity (Wildman–Crippen MR) is 107 cm³/mol. The maximum absolute atomic E-state index is 11.8. The Morgan fingerprint density at radius 3 is 2.38 bits per heavy atom. The molecular formula is C21H34N2O3. The zero-order chi connectivity index (χ0) is 19.0. The number of rotatable bonds is 14. The number of benzene rings is 1. The number of phenolic OH excluding ortho intramolecular Hbond substituents is 1. The van der Waals surface area contributed by atoms with Gasteiger partial charge in [0.05, 0.1) is 12.8 Å². The Balaban J connectivity index is 2.14. The number of aromatic hydroxyl groups is 1. The Bertz CT molecular complexity index is 544. The monoisotopic (exact) mass is 362 g/mol. The third kappa shape index (κ3) is 10.1. The van der Waals surface area contributed by atoms with Crippen molar-refractivity contribution in [1.29, 1.82) is 0 Å². The first-order chi connectivity index (χ1) is 12.7. The number of phenols is 1. The highest BCUT2D eigenvalue weighted by Gasteiger charge is 2.03. The summed E-state index contributed by atoms with van der Waals surface area (Å²) in [6, 6.07) is 4.96. The van der Waals surface area contributed by atoms with Gasteiger partial charge >= 0.3 is 0 Å². The number of carbonyl (C=O) groups excluding carboxylic acids is 1. The zero-order valence-electron chi connectivity index (χ0n) is 16.3. The molecule has 0 radical (unpaired) electrons. The molecule has 26 heavy (non-hydrogen) atoms. The Kier molecular flexibility index (Phi) is 12.0. The van der Waals surface area contributed by atoms with Crippen molar-refractivity contribution in [2.24, 2.45) is 5.10 Å². The first kappa shape index (κ1) is 22.0. The fraction of sp³-hybridized carbons (Fsp3) is 0.619. The maximum atomic E-state index is 11.8. The van der Waals surface area contributed by atoms with Crippen LogP contribution in [0.4, 0.5) is 0 Å². The van der Waals surface area contributed by atoms with E-state index in [1.165, 1.54) is 44.9 Å². The summed E-state index contributed by atoms with van der Waals surface area (Å²) < 4.78 is 5.32. The lowest BCUT2D eigenvalue weighted by molar-refractivity contribution is -0.121. The molecule has 1 amide bonds. The van der Waals surface area contributed by atoms with Crippen molar-refractivity contribution in [2.75, 3.05) is 6.61 Å². The molecule has 0 aliphatic rings. The smallest absolute Gasteiger partial charge is 0.240 e. The third-order valence-electron chi connectivity index (χ3n) is 4.19. The van der Waals surface area contributed by atoms with Crippen molar-refractivity contribution in [3.05, 3.63) is 23.8 Å². The molecule has 0 bridgehead atoms. The fourth-order valence-corrected chi connectivity index (χ4v) is 2.71. The van der Waals surface area contributed by atoms with Crippen molar-refractivity contribution < 1.29 is 14.6 Å². The first-order valence-electron chi connectivity index (χ1n) is 9.95. The molecule has 0 atom stereocenters. The highest BCUT2D eigenvalue weighted by atomic mass is 16.5. The second kappa shape index (κ2) is 14.2. The minimum Gasteiger partial charge on any atom is -0.504 e. The lowest BCUT2D eigenvalue weighted by Gasteiger charge is -2.06. The SMILES string of the molecule is CCCCCCCCCCCC(=O)N/N=C/c1ccc(O)c(OCC)c1. The van der Waals surface area contributed by atoms with Gasteiger partial charge in [0.25, 0.3) is 0 Å². The van der Waals surface area contributed by atoms with Crippen LogP contribution < -0.4 is 10.2 Å². The lowest BCUT2D eigenvalue weighted by Crippen LogP contribution is -2.16. The van der Waals surface area contributed by atoms with Gasteiger partial charge in [0.15, 0.2) is 11.5 Å². The third-order valence-corrected chi connectivity index (χ3v) is 4.19. The van der Waals surface area contributed by atoms with E-state index in [2.05, 4.69) is 17.5 Å². The van der Waals surface area contributed by atoms with Crippen LogP contribution in [0.2, 0.25) is 0 Å². The molecule has 0 unspecified atom stereocenters. The summed E-state index contributed by atoms with van der Waals surface area (Å²) in [6.07, 6.45) is 13.2. The van der Waals surface area contributed by atoms with Gasteiger partial charge in [0.2, 0.25) is 5.91 Å². The Hall–Kier alpha value is -2.04. The maximum Gasteiger partial charge on any atom is 0.240 e. The Labute approximate surface area is 157 Å². The number of hydrogen-bond acceptors (Lipinski definition) is 4. The van der Waals surface area contributed by atoms with Crippen LogP contribution in [0, 0.1) is 0 Å². The van der Waals surface area contributed by atoms with Gasteiger partial charge in [0, 0.05) is 6.42 Å². The standard InChI is InChI=1S/C21H34N2O3/c1-3-5-6-7-8-9-10-11-12-13-21(25)23-22-17-18-14-15-19(24)20(16-18)26-4-2/h14-17,24H,3-13H2,1-2H3,(H,23,25)/b22-17+.